The molecule has 1 fully saturated rings. The first-order valence-corrected chi connectivity index (χ1v) is 8.33. The largest absolute Gasteiger partial charge is 0.493 e. The highest BCUT2D eigenvalue weighted by Crippen LogP contribution is 2.39. The summed E-state index contributed by atoms with van der Waals surface area (Å²) in [6.07, 6.45) is 3.68. The lowest BCUT2D eigenvalue weighted by molar-refractivity contribution is -0.0526. The summed E-state index contributed by atoms with van der Waals surface area (Å²) in [5.41, 5.74) is 3.23. The topological polar surface area (TPSA) is 73.3 Å². The van der Waals surface area contributed by atoms with E-state index in [1.165, 1.54) is 32.6 Å². The number of hydrogen-bond donors (Lipinski definition) is 2. The maximum atomic E-state index is 12.5. The molecule has 1 aliphatic rings. The summed E-state index contributed by atoms with van der Waals surface area (Å²) in [5, 5.41) is 7.38. The third-order valence-corrected chi connectivity index (χ3v) is 3.82. The molecule has 1 aromatic carbocycles. The van der Waals surface area contributed by atoms with Gasteiger partial charge in [-0.2, -0.15) is 13.9 Å². The molecular weight excluding hydrogens is 368 g/mol. The Morgan fingerprint density at radius 2 is 2.08 bits per heavy atom. The van der Waals surface area contributed by atoms with Gasteiger partial charge in [0.05, 0.1) is 26.5 Å². The third kappa shape index (κ3) is 5.95. The Kier molecular flexibility index (Phi) is 7.79. The zero-order valence-electron chi connectivity index (χ0n) is 14.5. The number of nitrogens with one attached hydrogen (secondary N) is 2. The van der Waals surface area contributed by atoms with Crippen LogP contribution in [0.4, 0.5) is 8.78 Å². The number of benzene rings is 1. The number of rotatable bonds is 8. The van der Waals surface area contributed by atoms with Crippen molar-refractivity contribution in [3.8, 4) is 17.2 Å². The molecule has 10 heteroatoms. The predicted molar refractivity (Wildman–Crippen MR) is 96.5 cm³/mol. The molecule has 0 aliphatic carbocycles. The highest BCUT2D eigenvalue weighted by molar-refractivity contribution is 7.80. The van der Waals surface area contributed by atoms with Crippen molar-refractivity contribution in [2.75, 3.05) is 27.4 Å². The van der Waals surface area contributed by atoms with E-state index in [0.29, 0.717) is 17.2 Å². The molecule has 0 bridgehead atoms. The maximum absolute atomic E-state index is 12.5. The number of ether oxygens (including phenoxy) is 4. The van der Waals surface area contributed by atoms with Crippen LogP contribution < -0.4 is 25.0 Å². The summed E-state index contributed by atoms with van der Waals surface area (Å²) in [6.45, 7) is -1.60. The molecule has 0 unspecified atom stereocenters. The minimum absolute atomic E-state index is 0.102. The van der Waals surface area contributed by atoms with Crippen LogP contribution in [-0.4, -0.2) is 51.4 Å². The SMILES string of the molecule is COc1cc(/C=N\NC(=S)NC[C@@H]2CCCO2)cc(OC)c1OC(F)F. The van der Waals surface area contributed by atoms with Gasteiger partial charge in [-0.3, -0.25) is 5.43 Å². The van der Waals surface area contributed by atoms with Gasteiger partial charge in [-0.1, -0.05) is 0 Å². The van der Waals surface area contributed by atoms with Crippen LogP contribution in [0.25, 0.3) is 0 Å². The van der Waals surface area contributed by atoms with Crippen LogP contribution in [0.3, 0.4) is 0 Å². The second-order valence-corrected chi connectivity index (χ2v) is 5.76. The Hall–Kier alpha value is -2.20. The molecule has 1 heterocycles. The van der Waals surface area contributed by atoms with Crippen LogP contribution >= 0.6 is 12.2 Å². The number of hydrogen-bond acceptors (Lipinski definition) is 6. The van der Waals surface area contributed by atoms with Crippen LogP contribution in [0, 0.1) is 0 Å². The standard InChI is InChI=1S/C16H21F2N3O4S/c1-22-12-6-10(7-13(23-2)14(12)25-15(17)18)8-20-21-16(26)19-9-11-4-3-5-24-11/h6-8,11,15H,3-5,9H2,1-2H3,(H2,19,21,26)/b20-8-/t11-/m0/s1. The van der Waals surface area contributed by atoms with Gasteiger partial charge in [-0.15, -0.1) is 0 Å². The third-order valence-electron chi connectivity index (χ3n) is 3.58. The molecule has 0 aromatic heterocycles. The summed E-state index contributed by atoms with van der Waals surface area (Å²) in [6, 6.07) is 2.99. The predicted octanol–water partition coefficient (Wildman–Crippen LogP) is 2.28. The molecule has 0 saturated carbocycles. The Bertz CT molecular complexity index is 615. The van der Waals surface area contributed by atoms with Gasteiger partial charge in [0.25, 0.3) is 0 Å². The van der Waals surface area contributed by atoms with Crippen molar-refractivity contribution in [1.29, 1.82) is 0 Å². The van der Waals surface area contributed by atoms with Crippen LogP contribution in [0.2, 0.25) is 0 Å². The van der Waals surface area contributed by atoms with Crippen molar-refractivity contribution in [1.82, 2.24) is 10.7 Å². The highest BCUT2D eigenvalue weighted by Gasteiger charge is 2.18. The highest BCUT2D eigenvalue weighted by atomic mass is 32.1. The van der Waals surface area contributed by atoms with E-state index in [-0.39, 0.29) is 23.4 Å². The first kappa shape index (κ1) is 20.1. The van der Waals surface area contributed by atoms with Gasteiger partial charge >= 0.3 is 6.61 Å². The lowest BCUT2D eigenvalue weighted by atomic mass is 10.2. The van der Waals surface area contributed by atoms with Gasteiger partial charge in [-0.25, -0.2) is 0 Å². The van der Waals surface area contributed by atoms with E-state index in [0.717, 1.165) is 19.4 Å². The Balaban J connectivity index is 1.96. The monoisotopic (exact) mass is 389 g/mol. The van der Waals surface area contributed by atoms with Crippen molar-refractivity contribution in [3.05, 3.63) is 17.7 Å². The molecule has 26 heavy (non-hydrogen) atoms. The molecule has 2 N–H and O–H groups in total. The van der Waals surface area contributed by atoms with Crippen molar-refractivity contribution in [2.45, 2.75) is 25.6 Å². The fraction of sp³-hybridized carbons (Fsp3) is 0.500. The molecule has 2 rings (SSSR count). The van der Waals surface area contributed by atoms with E-state index in [1.54, 1.807) is 0 Å². The molecular formula is C16H21F2N3O4S. The molecule has 1 atom stereocenters. The molecule has 1 aliphatic heterocycles. The van der Waals surface area contributed by atoms with Gasteiger partial charge in [0, 0.05) is 18.7 Å². The lowest BCUT2D eigenvalue weighted by Crippen LogP contribution is -2.37. The molecule has 1 saturated heterocycles. The summed E-state index contributed by atoms with van der Waals surface area (Å²) >= 11 is 5.13. The molecule has 0 spiro atoms. The summed E-state index contributed by atoms with van der Waals surface area (Å²) < 4.78 is 45.2. The first-order valence-electron chi connectivity index (χ1n) is 7.92. The van der Waals surface area contributed by atoms with Crippen molar-refractivity contribution in [2.24, 2.45) is 5.10 Å². The van der Waals surface area contributed by atoms with E-state index in [2.05, 4.69) is 20.6 Å². The molecule has 0 amide bonds. The Labute approximate surface area is 155 Å². The smallest absolute Gasteiger partial charge is 0.387 e. The fourth-order valence-electron chi connectivity index (χ4n) is 2.40. The minimum Gasteiger partial charge on any atom is -0.493 e. The number of thiocarbonyl (C=S) groups is 1. The summed E-state index contributed by atoms with van der Waals surface area (Å²) in [5.74, 6) is 0.0271. The number of halogens is 2. The van der Waals surface area contributed by atoms with Gasteiger partial charge in [0.15, 0.2) is 16.6 Å². The molecule has 144 valence electrons. The van der Waals surface area contributed by atoms with Crippen LogP contribution in [-0.2, 0) is 4.74 Å². The summed E-state index contributed by atoms with van der Waals surface area (Å²) in [7, 11) is 2.69. The maximum Gasteiger partial charge on any atom is 0.387 e. The number of alkyl halides is 2. The average molecular weight is 389 g/mol. The minimum atomic E-state index is -2.99. The Morgan fingerprint density at radius 3 is 2.62 bits per heavy atom. The van der Waals surface area contributed by atoms with Gasteiger partial charge < -0.3 is 24.3 Å². The van der Waals surface area contributed by atoms with E-state index in [1.807, 2.05) is 0 Å². The zero-order chi connectivity index (χ0) is 18.9. The van der Waals surface area contributed by atoms with E-state index >= 15 is 0 Å². The van der Waals surface area contributed by atoms with E-state index in [4.69, 9.17) is 26.4 Å². The van der Waals surface area contributed by atoms with Gasteiger partial charge in [-0.05, 0) is 37.2 Å². The normalized spacial score (nSPS) is 16.7. The molecule has 1 aromatic rings. The van der Waals surface area contributed by atoms with E-state index < -0.39 is 6.61 Å². The number of methoxy groups -OCH3 is 2. The lowest BCUT2D eigenvalue weighted by Gasteiger charge is -2.14. The zero-order valence-corrected chi connectivity index (χ0v) is 15.3. The second kappa shape index (κ2) is 10.1. The van der Waals surface area contributed by atoms with Gasteiger partial charge in [0.2, 0.25) is 5.75 Å². The van der Waals surface area contributed by atoms with Crippen LogP contribution in [0.15, 0.2) is 17.2 Å². The van der Waals surface area contributed by atoms with E-state index in [9.17, 15) is 8.78 Å². The second-order valence-electron chi connectivity index (χ2n) is 5.35. The number of nitrogens with zero attached hydrogens (tertiary/aromatic N) is 1. The molecule has 0 radical (unpaired) electrons. The van der Waals surface area contributed by atoms with Crippen molar-refractivity contribution in [3.63, 3.8) is 0 Å². The molecule has 7 nitrogen and oxygen atoms in total. The number of hydrazone groups is 1. The average Bonchev–Trinajstić information content (AvgIpc) is 3.14. The van der Waals surface area contributed by atoms with Crippen LogP contribution in [0.5, 0.6) is 17.2 Å². The Morgan fingerprint density at radius 1 is 1.38 bits per heavy atom. The van der Waals surface area contributed by atoms with Gasteiger partial charge in [0.1, 0.15) is 0 Å². The van der Waals surface area contributed by atoms with Crippen molar-refractivity contribution < 1.29 is 27.7 Å². The van der Waals surface area contributed by atoms with Crippen LogP contribution in [0.1, 0.15) is 18.4 Å². The fourth-order valence-corrected chi connectivity index (χ4v) is 2.53. The first-order chi connectivity index (χ1) is 12.5. The summed E-state index contributed by atoms with van der Waals surface area (Å²) in [4.78, 5) is 0. The van der Waals surface area contributed by atoms with Crippen molar-refractivity contribution >= 4 is 23.5 Å². The quantitative estimate of drug-likeness (QED) is 0.401.